The summed E-state index contributed by atoms with van der Waals surface area (Å²) in [5.41, 5.74) is 0. The van der Waals surface area contributed by atoms with Gasteiger partial charge in [-0.15, -0.1) is 0 Å². The van der Waals surface area contributed by atoms with Gasteiger partial charge in [-0.05, 0) is 12.8 Å². The largest absolute Gasteiger partial charge is 0.366 e. The van der Waals surface area contributed by atoms with Crippen LogP contribution in [0.3, 0.4) is 0 Å². The molecule has 1 atom stereocenters. The van der Waals surface area contributed by atoms with Gasteiger partial charge in [0, 0.05) is 25.4 Å². The van der Waals surface area contributed by atoms with Gasteiger partial charge in [0.25, 0.3) is 0 Å². The Kier molecular flexibility index (Phi) is 2.74. The number of hydrogen-bond donors (Lipinski definition) is 1. The summed E-state index contributed by atoms with van der Waals surface area (Å²) in [5.74, 6) is 1.59. The van der Waals surface area contributed by atoms with E-state index in [1.54, 1.807) is 4.68 Å². The SMILES string of the molecule is CC(C)C(C)Nc1ccn(C)n1. The van der Waals surface area contributed by atoms with Crippen LogP contribution in [0.1, 0.15) is 20.8 Å². The molecule has 0 saturated heterocycles. The Bertz CT molecular complexity index is 240. The molecule has 1 aromatic rings. The van der Waals surface area contributed by atoms with Gasteiger partial charge in [-0.2, -0.15) is 5.10 Å². The molecule has 0 amide bonds. The van der Waals surface area contributed by atoms with Gasteiger partial charge >= 0.3 is 0 Å². The maximum atomic E-state index is 4.24. The summed E-state index contributed by atoms with van der Waals surface area (Å²) in [6.45, 7) is 6.56. The first-order valence-corrected chi connectivity index (χ1v) is 4.36. The lowest BCUT2D eigenvalue weighted by atomic mass is 10.1. The smallest absolute Gasteiger partial charge is 0.148 e. The Morgan fingerprint density at radius 1 is 1.42 bits per heavy atom. The molecule has 3 nitrogen and oxygen atoms in total. The summed E-state index contributed by atoms with van der Waals surface area (Å²) in [6, 6.07) is 2.46. The first-order valence-electron chi connectivity index (χ1n) is 4.36. The summed E-state index contributed by atoms with van der Waals surface area (Å²) in [6.07, 6.45) is 1.94. The van der Waals surface area contributed by atoms with Crippen LogP contribution >= 0.6 is 0 Å². The van der Waals surface area contributed by atoms with Crippen molar-refractivity contribution in [3.63, 3.8) is 0 Å². The van der Waals surface area contributed by atoms with Crippen molar-refractivity contribution in [2.45, 2.75) is 26.8 Å². The van der Waals surface area contributed by atoms with Gasteiger partial charge in [0.05, 0.1) is 0 Å². The second kappa shape index (κ2) is 3.61. The van der Waals surface area contributed by atoms with Gasteiger partial charge in [0.2, 0.25) is 0 Å². The van der Waals surface area contributed by atoms with Crippen molar-refractivity contribution in [1.82, 2.24) is 9.78 Å². The van der Waals surface area contributed by atoms with E-state index in [0.717, 1.165) is 5.82 Å². The normalized spacial score (nSPS) is 13.4. The molecule has 0 aliphatic rings. The average molecular weight is 167 g/mol. The third-order valence-corrected chi connectivity index (χ3v) is 2.09. The van der Waals surface area contributed by atoms with E-state index in [0.29, 0.717) is 12.0 Å². The zero-order chi connectivity index (χ0) is 9.14. The lowest BCUT2D eigenvalue weighted by Gasteiger charge is -2.16. The number of hydrogen-bond acceptors (Lipinski definition) is 2. The minimum atomic E-state index is 0.472. The molecule has 3 heteroatoms. The zero-order valence-electron chi connectivity index (χ0n) is 8.20. The molecule has 0 aliphatic carbocycles. The second-order valence-corrected chi connectivity index (χ2v) is 3.55. The van der Waals surface area contributed by atoms with Crippen LogP contribution in [-0.4, -0.2) is 15.8 Å². The fraction of sp³-hybridized carbons (Fsp3) is 0.667. The fourth-order valence-electron chi connectivity index (χ4n) is 0.892. The van der Waals surface area contributed by atoms with E-state index in [9.17, 15) is 0 Å². The molecule has 12 heavy (non-hydrogen) atoms. The van der Waals surface area contributed by atoms with Crippen molar-refractivity contribution in [2.24, 2.45) is 13.0 Å². The predicted octanol–water partition coefficient (Wildman–Crippen LogP) is 1.88. The number of aromatic nitrogens is 2. The van der Waals surface area contributed by atoms with Crippen LogP contribution in [0, 0.1) is 5.92 Å². The van der Waals surface area contributed by atoms with E-state index in [1.807, 2.05) is 19.3 Å². The van der Waals surface area contributed by atoms with Crippen LogP contribution in [0.5, 0.6) is 0 Å². The molecule has 68 valence electrons. The lowest BCUT2D eigenvalue weighted by molar-refractivity contribution is 0.557. The van der Waals surface area contributed by atoms with Gasteiger partial charge in [0.15, 0.2) is 0 Å². The summed E-state index contributed by atoms with van der Waals surface area (Å²) in [7, 11) is 1.92. The highest BCUT2D eigenvalue weighted by Crippen LogP contribution is 2.08. The van der Waals surface area contributed by atoms with Gasteiger partial charge in [-0.3, -0.25) is 4.68 Å². The monoisotopic (exact) mass is 167 g/mol. The molecular formula is C9H17N3. The first-order chi connectivity index (χ1) is 5.59. The summed E-state index contributed by atoms with van der Waals surface area (Å²) < 4.78 is 1.80. The zero-order valence-corrected chi connectivity index (χ0v) is 8.20. The minimum Gasteiger partial charge on any atom is -0.366 e. The molecule has 1 heterocycles. The second-order valence-electron chi connectivity index (χ2n) is 3.55. The number of nitrogens with zero attached hydrogens (tertiary/aromatic N) is 2. The van der Waals surface area contributed by atoms with Gasteiger partial charge in [-0.1, -0.05) is 13.8 Å². The number of anilines is 1. The summed E-state index contributed by atoms with van der Waals surface area (Å²) in [5, 5.41) is 7.57. The van der Waals surface area contributed by atoms with Crippen LogP contribution in [0.4, 0.5) is 5.82 Å². The van der Waals surface area contributed by atoms with Crippen LogP contribution in [0.2, 0.25) is 0 Å². The summed E-state index contributed by atoms with van der Waals surface area (Å²) >= 11 is 0. The Balaban J connectivity index is 2.52. The lowest BCUT2D eigenvalue weighted by Crippen LogP contribution is -2.21. The topological polar surface area (TPSA) is 29.9 Å². The van der Waals surface area contributed by atoms with E-state index in [1.165, 1.54) is 0 Å². The van der Waals surface area contributed by atoms with E-state index >= 15 is 0 Å². The average Bonchev–Trinajstić information content (AvgIpc) is 2.35. The molecule has 0 aliphatic heterocycles. The van der Waals surface area contributed by atoms with Crippen LogP contribution in [0.15, 0.2) is 12.3 Å². The Morgan fingerprint density at radius 2 is 2.08 bits per heavy atom. The minimum absolute atomic E-state index is 0.472. The number of nitrogens with one attached hydrogen (secondary N) is 1. The van der Waals surface area contributed by atoms with Crippen molar-refractivity contribution in [1.29, 1.82) is 0 Å². The van der Waals surface area contributed by atoms with Crippen molar-refractivity contribution in [2.75, 3.05) is 5.32 Å². The van der Waals surface area contributed by atoms with E-state index in [-0.39, 0.29) is 0 Å². The van der Waals surface area contributed by atoms with Crippen LogP contribution in [0.25, 0.3) is 0 Å². The molecule has 0 radical (unpaired) electrons. The molecule has 0 bridgehead atoms. The molecule has 1 aromatic heterocycles. The Labute approximate surface area is 73.8 Å². The van der Waals surface area contributed by atoms with Crippen molar-refractivity contribution >= 4 is 5.82 Å². The highest BCUT2D eigenvalue weighted by atomic mass is 15.3. The number of aryl methyl sites for hydroxylation is 1. The first kappa shape index (κ1) is 9.10. The van der Waals surface area contributed by atoms with E-state index in [4.69, 9.17) is 0 Å². The maximum Gasteiger partial charge on any atom is 0.148 e. The standard InChI is InChI=1S/C9H17N3/c1-7(2)8(3)10-9-5-6-12(4)11-9/h5-8H,1-4H3,(H,10,11). The quantitative estimate of drug-likeness (QED) is 0.745. The van der Waals surface area contributed by atoms with E-state index in [2.05, 4.69) is 31.2 Å². The van der Waals surface area contributed by atoms with Crippen LogP contribution < -0.4 is 5.32 Å². The van der Waals surface area contributed by atoms with Gasteiger partial charge < -0.3 is 5.32 Å². The molecule has 0 spiro atoms. The summed E-state index contributed by atoms with van der Waals surface area (Å²) in [4.78, 5) is 0. The van der Waals surface area contributed by atoms with Crippen molar-refractivity contribution < 1.29 is 0 Å². The third-order valence-electron chi connectivity index (χ3n) is 2.09. The predicted molar refractivity (Wildman–Crippen MR) is 51.1 cm³/mol. The van der Waals surface area contributed by atoms with Crippen LogP contribution in [-0.2, 0) is 7.05 Å². The van der Waals surface area contributed by atoms with Gasteiger partial charge in [0.1, 0.15) is 5.82 Å². The maximum absolute atomic E-state index is 4.24. The van der Waals surface area contributed by atoms with Crippen molar-refractivity contribution in [3.05, 3.63) is 12.3 Å². The van der Waals surface area contributed by atoms with Crippen molar-refractivity contribution in [3.8, 4) is 0 Å². The third kappa shape index (κ3) is 2.26. The van der Waals surface area contributed by atoms with Gasteiger partial charge in [-0.25, -0.2) is 0 Å². The molecule has 0 aromatic carbocycles. The Morgan fingerprint density at radius 3 is 2.50 bits per heavy atom. The number of rotatable bonds is 3. The molecule has 0 saturated carbocycles. The molecule has 1 N–H and O–H groups in total. The molecule has 0 fully saturated rings. The molecule has 1 rings (SSSR count). The Hall–Kier alpha value is -0.990. The fourth-order valence-corrected chi connectivity index (χ4v) is 0.892. The van der Waals surface area contributed by atoms with E-state index < -0.39 is 0 Å². The molecule has 1 unspecified atom stereocenters. The highest BCUT2D eigenvalue weighted by Gasteiger charge is 2.07. The highest BCUT2D eigenvalue weighted by molar-refractivity contribution is 5.33. The molecular weight excluding hydrogens is 150 g/mol.